The number of rotatable bonds is 0. The van der Waals surface area contributed by atoms with Gasteiger partial charge in [0.1, 0.15) is 0 Å². The van der Waals surface area contributed by atoms with Gasteiger partial charge in [-0.1, -0.05) is 18.2 Å². The molecule has 0 aromatic heterocycles. The maximum absolute atomic E-state index is 2.32. The molecule has 0 unspecified atom stereocenters. The van der Waals surface area contributed by atoms with Crippen molar-refractivity contribution in [1.82, 2.24) is 0 Å². The number of benzene rings is 1. The van der Waals surface area contributed by atoms with Crippen LogP contribution in [0.4, 0.5) is 0 Å². The molecular formula is C12H14. The predicted octanol–water partition coefficient (Wildman–Crippen LogP) is 3.26. The SMILES string of the molecule is CC1=CCc2cc(C)c(C)cc21. The maximum Gasteiger partial charge on any atom is -0.00854 e. The van der Waals surface area contributed by atoms with Crippen molar-refractivity contribution < 1.29 is 0 Å². The largest absolute Gasteiger partial charge is 0.0766 e. The van der Waals surface area contributed by atoms with Crippen molar-refractivity contribution >= 4 is 5.57 Å². The summed E-state index contributed by atoms with van der Waals surface area (Å²) in [6.07, 6.45) is 3.44. The molecule has 1 aromatic carbocycles. The molecule has 0 spiro atoms. The van der Waals surface area contributed by atoms with Crippen LogP contribution < -0.4 is 0 Å². The van der Waals surface area contributed by atoms with Gasteiger partial charge in [-0.25, -0.2) is 0 Å². The third-order valence-corrected chi connectivity index (χ3v) is 2.77. The van der Waals surface area contributed by atoms with Gasteiger partial charge in [0.25, 0.3) is 0 Å². The lowest BCUT2D eigenvalue weighted by atomic mass is 9.99. The van der Waals surface area contributed by atoms with Crippen LogP contribution in [0.3, 0.4) is 0 Å². The van der Waals surface area contributed by atoms with Crippen LogP contribution >= 0.6 is 0 Å². The van der Waals surface area contributed by atoms with Gasteiger partial charge in [0.15, 0.2) is 0 Å². The Kier molecular flexibility index (Phi) is 1.57. The molecule has 0 N–H and O–H groups in total. The summed E-state index contributed by atoms with van der Waals surface area (Å²) in [6, 6.07) is 4.63. The van der Waals surface area contributed by atoms with Crippen LogP contribution in [0.2, 0.25) is 0 Å². The minimum atomic E-state index is 1.13. The fraction of sp³-hybridized carbons (Fsp3) is 0.333. The maximum atomic E-state index is 2.32. The molecule has 1 aliphatic rings. The number of fused-ring (bicyclic) bond motifs is 1. The monoisotopic (exact) mass is 158 g/mol. The lowest BCUT2D eigenvalue weighted by Crippen LogP contribution is -1.88. The molecule has 0 aliphatic heterocycles. The first-order chi connectivity index (χ1) is 5.68. The lowest BCUT2D eigenvalue weighted by molar-refractivity contribution is 1.24. The number of allylic oxidation sites excluding steroid dienone is 2. The molecule has 0 bridgehead atoms. The van der Waals surface area contributed by atoms with E-state index in [-0.39, 0.29) is 0 Å². The molecule has 62 valence electrons. The quantitative estimate of drug-likeness (QED) is 0.543. The van der Waals surface area contributed by atoms with Crippen molar-refractivity contribution in [1.29, 1.82) is 0 Å². The zero-order valence-electron chi connectivity index (χ0n) is 7.94. The van der Waals surface area contributed by atoms with Crippen LogP contribution in [-0.2, 0) is 6.42 Å². The van der Waals surface area contributed by atoms with Crippen LogP contribution in [0.5, 0.6) is 0 Å². The van der Waals surface area contributed by atoms with Gasteiger partial charge in [0.05, 0.1) is 0 Å². The highest BCUT2D eigenvalue weighted by Crippen LogP contribution is 2.28. The lowest BCUT2D eigenvalue weighted by Gasteiger charge is -2.06. The summed E-state index contributed by atoms with van der Waals surface area (Å²) in [6.45, 7) is 6.56. The average Bonchev–Trinajstić information content (AvgIpc) is 2.35. The molecule has 0 nitrogen and oxygen atoms in total. The highest BCUT2D eigenvalue weighted by atomic mass is 14.2. The number of aryl methyl sites for hydroxylation is 2. The minimum absolute atomic E-state index is 1.13. The van der Waals surface area contributed by atoms with Crippen molar-refractivity contribution in [3.05, 3.63) is 40.5 Å². The Morgan fingerprint density at radius 1 is 1.00 bits per heavy atom. The molecule has 1 aromatic rings. The van der Waals surface area contributed by atoms with Crippen molar-refractivity contribution in [3.63, 3.8) is 0 Å². The second-order valence-electron chi connectivity index (χ2n) is 3.68. The van der Waals surface area contributed by atoms with E-state index in [0.717, 1.165) is 6.42 Å². The minimum Gasteiger partial charge on any atom is -0.0766 e. The van der Waals surface area contributed by atoms with Crippen LogP contribution in [0.15, 0.2) is 18.2 Å². The van der Waals surface area contributed by atoms with Gasteiger partial charge in [-0.2, -0.15) is 0 Å². The summed E-state index contributed by atoms with van der Waals surface area (Å²) in [5, 5.41) is 0. The first-order valence-electron chi connectivity index (χ1n) is 4.46. The van der Waals surface area contributed by atoms with E-state index in [9.17, 15) is 0 Å². The standard InChI is InChI=1S/C12H14/c1-8-4-5-11-6-9(2)10(3)7-12(8)11/h4,6-7H,5H2,1-3H3. The Morgan fingerprint density at radius 2 is 1.67 bits per heavy atom. The van der Waals surface area contributed by atoms with Crippen molar-refractivity contribution in [3.8, 4) is 0 Å². The van der Waals surface area contributed by atoms with Crippen molar-refractivity contribution in [2.75, 3.05) is 0 Å². The van der Waals surface area contributed by atoms with Crippen molar-refractivity contribution in [2.45, 2.75) is 27.2 Å². The summed E-state index contributed by atoms with van der Waals surface area (Å²) < 4.78 is 0. The van der Waals surface area contributed by atoms with E-state index in [0.29, 0.717) is 0 Å². The predicted molar refractivity (Wildman–Crippen MR) is 53.3 cm³/mol. The Labute approximate surface area is 73.9 Å². The third-order valence-electron chi connectivity index (χ3n) is 2.77. The van der Waals surface area contributed by atoms with Gasteiger partial charge >= 0.3 is 0 Å². The average molecular weight is 158 g/mol. The highest BCUT2D eigenvalue weighted by Gasteiger charge is 2.10. The molecule has 0 amide bonds. The van der Waals surface area contributed by atoms with Crippen LogP contribution in [0.1, 0.15) is 29.2 Å². The van der Waals surface area contributed by atoms with Gasteiger partial charge in [-0.3, -0.25) is 0 Å². The van der Waals surface area contributed by atoms with Gasteiger partial charge in [0, 0.05) is 0 Å². The third kappa shape index (κ3) is 0.989. The smallest absolute Gasteiger partial charge is 0.00854 e. The van der Waals surface area contributed by atoms with E-state index < -0.39 is 0 Å². The van der Waals surface area contributed by atoms with E-state index in [2.05, 4.69) is 39.0 Å². The van der Waals surface area contributed by atoms with Gasteiger partial charge < -0.3 is 0 Å². The van der Waals surface area contributed by atoms with Gasteiger partial charge in [-0.15, -0.1) is 0 Å². The molecule has 2 rings (SSSR count). The topological polar surface area (TPSA) is 0 Å². The molecule has 0 atom stereocenters. The number of hydrogen-bond acceptors (Lipinski definition) is 0. The Balaban J connectivity index is 2.63. The highest BCUT2D eigenvalue weighted by molar-refractivity contribution is 5.72. The first-order valence-corrected chi connectivity index (χ1v) is 4.46. The molecule has 0 fully saturated rings. The van der Waals surface area contributed by atoms with Crippen LogP contribution in [-0.4, -0.2) is 0 Å². The van der Waals surface area contributed by atoms with E-state index in [1.165, 1.54) is 27.8 Å². The molecule has 0 heterocycles. The Morgan fingerprint density at radius 3 is 2.42 bits per heavy atom. The zero-order valence-corrected chi connectivity index (χ0v) is 7.94. The van der Waals surface area contributed by atoms with Crippen molar-refractivity contribution in [2.24, 2.45) is 0 Å². The van der Waals surface area contributed by atoms with E-state index >= 15 is 0 Å². The first kappa shape index (κ1) is 7.60. The molecule has 1 aliphatic carbocycles. The van der Waals surface area contributed by atoms with E-state index in [1.807, 2.05) is 0 Å². The summed E-state index contributed by atoms with van der Waals surface area (Å²) in [5.74, 6) is 0. The van der Waals surface area contributed by atoms with E-state index in [4.69, 9.17) is 0 Å². The summed E-state index contributed by atoms with van der Waals surface area (Å²) in [5.41, 5.74) is 7.21. The fourth-order valence-corrected chi connectivity index (χ4v) is 1.78. The summed E-state index contributed by atoms with van der Waals surface area (Å²) in [7, 11) is 0. The van der Waals surface area contributed by atoms with Gasteiger partial charge in [0.2, 0.25) is 0 Å². The molecule has 0 radical (unpaired) electrons. The zero-order chi connectivity index (χ0) is 8.72. The normalized spacial score (nSPS) is 14.4. The fourth-order valence-electron chi connectivity index (χ4n) is 1.78. The molecular weight excluding hydrogens is 144 g/mol. The molecule has 0 saturated carbocycles. The molecule has 12 heavy (non-hydrogen) atoms. The Hall–Kier alpha value is -1.04. The summed E-state index contributed by atoms with van der Waals surface area (Å²) in [4.78, 5) is 0. The second kappa shape index (κ2) is 2.48. The van der Waals surface area contributed by atoms with Gasteiger partial charge in [-0.05, 0) is 55.0 Å². The van der Waals surface area contributed by atoms with Crippen LogP contribution in [0.25, 0.3) is 5.57 Å². The molecule has 0 saturated heterocycles. The molecule has 0 heteroatoms. The number of hydrogen-bond donors (Lipinski definition) is 0. The van der Waals surface area contributed by atoms with Crippen LogP contribution in [0, 0.1) is 13.8 Å². The second-order valence-corrected chi connectivity index (χ2v) is 3.68. The summed E-state index contributed by atoms with van der Waals surface area (Å²) >= 11 is 0. The van der Waals surface area contributed by atoms with E-state index in [1.54, 1.807) is 0 Å². The Bertz CT molecular complexity index is 357.